The molecule has 8 heteroatoms. The van der Waals surface area contributed by atoms with Crippen molar-refractivity contribution in [3.63, 3.8) is 0 Å². The van der Waals surface area contributed by atoms with Crippen LogP contribution in [0.1, 0.15) is 5.69 Å². The first kappa shape index (κ1) is 15.9. The number of fused-ring (bicyclic) bond motifs is 1. The molecule has 0 radical (unpaired) electrons. The number of ether oxygens (including phenoxy) is 1. The highest BCUT2D eigenvalue weighted by Gasteiger charge is 2.15. The van der Waals surface area contributed by atoms with E-state index in [1.807, 2.05) is 4.90 Å². The van der Waals surface area contributed by atoms with Crippen molar-refractivity contribution in [1.82, 2.24) is 19.4 Å². The molecule has 4 heterocycles. The Morgan fingerprint density at radius 1 is 1.16 bits per heavy atom. The SMILES string of the molecule is OCCc1cn2cc(-c3cnc(N4CCOCC4)nc3)c(F)cc2n1. The number of nitrogens with zero attached hydrogens (tertiary/aromatic N) is 5. The molecule has 0 unspecified atom stereocenters. The average molecular weight is 343 g/mol. The number of halogens is 1. The molecule has 7 nitrogen and oxygen atoms in total. The Morgan fingerprint density at radius 3 is 2.64 bits per heavy atom. The minimum atomic E-state index is -0.378. The fourth-order valence-corrected chi connectivity index (χ4v) is 2.90. The maximum atomic E-state index is 14.5. The zero-order valence-electron chi connectivity index (χ0n) is 13.6. The molecule has 0 aromatic carbocycles. The molecule has 0 bridgehead atoms. The van der Waals surface area contributed by atoms with Crippen molar-refractivity contribution in [2.45, 2.75) is 6.42 Å². The first-order valence-corrected chi connectivity index (χ1v) is 8.18. The summed E-state index contributed by atoms with van der Waals surface area (Å²) in [5.41, 5.74) is 2.25. The van der Waals surface area contributed by atoms with Gasteiger partial charge in [-0.2, -0.15) is 0 Å². The van der Waals surface area contributed by atoms with Crippen LogP contribution in [0.25, 0.3) is 16.8 Å². The lowest BCUT2D eigenvalue weighted by Crippen LogP contribution is -2.37. The molecule has 3 aromatic heterocycles. The second-order valence-corrected chi connectivity index (χ2v) is 5.88. The number of aromatic nitrogens is 4. The summed E-state index contributed by atoms with van der Waals surface area (Å²) < 4.78 is 21.5. The molecule has 0 atom stereocenters. The Morgan fingerprint density at radius 2 is 1.92 bits per heavy atom. The predicted molar refractivity (Wildman–Crippen MR) is 90.0 cm³/mol. The molecule has 0 aliphatic carbocycles. The van der Waals surface area contributed by atoms with Crippen molar-refractivity contribution in [3.8, 4) is 11.1 Å². The Hall–Kier alpha value is -2.58. The second-order valence-electron chi connectivity index (χ2n) is 5.88. The highest BCUT2D eigenvalue weighted by molar-refractivity contribution is 5.64. The van der Waals surface area contributed by atoms with Gasteiger partial charge in [-0.05, 0) is 0 Å². The molecule has 25 heavy (non-hydrogen) atoms. The van der Waals surface area contributed by atoms with E-state index < -0.39 is 0 Å². The number of pyridine rings is 1. The van der Waals surface area contributed by atoms with E-state index in [4.69, 9.17) is 9.84 Å². The molecule has 1 aliphatic heterocycles. The van der Waals surface area contributed by atoms with Crippen LogP contribution in [0.15, 0.2) is 30.9 Å². The second kappa shape index (κ2) is 6.73. The predicted octanol–water partition coefficient (Wildman–Crippen LogP) is 1.30. The third-order valence-electron chi connectivity index (χ3n) is 4.20. The number of hydrogen-bond acceptors (Lipinski definition) is 6. The van der Waals surface area contributed by atoms with Gasteiger partial charge in [0.25, 0.3) is 0 Å². The number of imidazole rings is 1. The molecule has 1 N–H and O–H groups in total. The van der Waals surface area contributed by atoms with E-state index in [9.17, 15) is 4.39 Å². The molecule has 1 saturated heterocycles. The summed E-state index contributed by atoms with van der Waals surface area (Å²) in [6.45, 7) is 2.83. The summed E-state index contributed by atoms with van der Waals surface area (Å²) in [5.74, 6) is 0.248. The monoisotopic (exact) mass is 343 g/mol. The Kier molecular flexibility index (Phi) is 4.29. The van der Waals surface area contributed by atoms with Crippen molar-refractivity contribution < 1.29 is 14.2 Å². The van der Waals surface area contributed by atoms with Gasteiger partial charge in [0.1, 0.15) is 11.5 Å². The number of hydrogen-bond donors (Lipinski definition) is 1. The first-order valence-electron chi connectivity index (χ1n) is 8.18. The Labute approximate surface area is 143 Å². The molecular weight excluding hydrogens is 325 g/mol. The molecule has 0 saturated carbocycles. The van der Waals surface area contributed by atoms with Crippen LogP contribution in [0.5, 0.6) is 0 Å². The lowest BCUT2D eigenvalue weighted by Gasteiger charge is -2.26. The maximum absolute atomic E-state index is 14.5. The standard InChI is InChI=1S/C17H18FN5O2/c18-15-7-16-21-13(1-4-24)10-23(16)11-14(15)12-8-19-17(20-9-12)22-2-5-25-6-3-22/h7-11,24H,1-6H2. The fraction of sp³-hybridized carbons (Fsp3) is 0.353. The topological polar surface area (TPSA) is 75.8 Å². The zero-order valence-corrected chi connectivity index (χ0v) is 13.6. The third kappa shape index (κ3) is 3.18. The molecule has 0 amide bonds. The van der Waals surface area contributed by atoms with E-state index in [1.165, 1.54) is 6.07 Å². The molecule has 1 fully saturated rings. The van der Waals surface area contributed by atoms with Gasteiger partial charge in [0.2, 0.25) is 5.95 Å². The van der Waals surface area contributed by atoms with Crippen LogP contribution in [0, 0.1) is 5.82 Å². The average Bonchev–Trinajstić information content (AvgIpc) is 3.03. The number of morpholine rings is 1. The quantitative estimate of drug-likeness (QED) is 0.770. The number of rotatable bonds is 4. The summed E-state index contributed by atoms with van der Waals surface area (Å²) in [6.07, 6.45) is 7.17. The highest BCUT2D eigenvalue weighted by Crippen LogP contribution is 2.24. The maximum Gasteiger partial charge on any atom is 0.225 e. The van der Waals surface area contributed by atoms with Crippen LogP contribution >= 0.6 is 0 Å². The van der Waals surface area contributed by atoms with Crippen LogP contribution < -0.4 is 4.90 Å². The Balaban J connectivity index is 1.65. The van der Waals surface area contributed by atoms with Gasteiger partial charge in [0, 0.05) is 68.1 Å². The largest absolute Gasteiger partial charge is 0.396 e. The van der Waals surface area contributed by atoms with Crippen molar-refractivity contribution in [2.75, 3.05) is 37.8 Å². The van der Waals surface area contributed by atoms with Crippen LogP contribution in [0.3, 0.4) is 0 Å². The number of anilines is 1. The van der Waals surface area contributed by atoms with E-state index in [0.717, 1.165) is 18.8 Å². The Bertz CT molecular complexity index is 875. The normalized spacial score (nSPS) is 15.0. The van der Waals surface area contributed by atoms with E-state index in [2.05, 4.69) is 15.0 Å². The van der Waals surface area contributed by atoms with Crippen molar-refractivity contribution in [2.24, 2.45) is 0 Å². The summed E-state index contributed by atoms with van der Waals surface area (Å²) in [4.78, 5) is 15.1. The van der Waals surface area contributed by atoms with Gasteiger partial charge in [-0.3, -0.25) is 0 Å². The van der Waals surface area contributed by atoms with Gasteiger partial charge < -0.3 is 19.1 Å². The molecule has 0 spiro atoms. The lowest BCUT2D eigenvalue weighted by molar-refractivity contribution is 0.122. The van der Waals surface area contributed by atoms with Gasteiger partial charge >= 0.3 is 0 Å². The summed E-state index contributed by atoms with van der Waals surface area (Å²) in [5, 5.41) is 9.01. The minimum absolute atomic E-state index is 0.00998. The summed E-state index contributed by atoms with van der Waals surface area (Å²) in [7, 11) is 0. The van der Waals surface area contributed by atoms with Crippen molar-refractivity contribution in [1.29, 1.82) is 0 Å². The van der Waals surface area contributed by atoms with E-state index >= 15 is 0 Å². The number of aliphatic hydroxyl groups excluding tert-OH is 1. The van der Waals surface area contributed by atoms with Crippen molar-refractivity contribution in [3.05, 3.63) is 42.4 Å². The van der Waals surface area contributed by atoms with E-state index in [1.54, 1.807) is 29.2 Å². The molecule has 1 aliphatic rings. The highest BCUT2D eigenvalue weighted by atomic mass is 19.1. The minimum Gasteiger partial charge on any atom is -0.396 e. The first-order chi connectivity index (χ1) is 12.2. The van der Waals surface area contributed by atoms with Crippen LogP contribution in [0.4, 0.5) is 10.3 Å². The van der Waals surface area contributed by atoms with E-state index in [-0.39, 0.29) is 12.4 Å². The van der Waals surface area contributed by atoms with Crippen LogP contribution in [-0.2, 0) is 11.2 Å². The lowest BCUT2D eigenvalue weighted by atomic mass is 10.1. The fourth-order valence-electron chi connectivity index (χ4n) is 2.90. The molecule has 4 rings (SSSR count). The van der Waals surface area contributed by atoms with Crippen molar-refractivity contribution >= 4 is 11.6 Å². The van der Waals surface area contributed by atoms with Gasteiger partial charge in [-0.15, -0.1) is 0 Å². The number of aliphatic hydroxyl groups is 1. The molecule has 130 valence electrons. The summed E-state index contributed by atoms with van der Waals surface area (Å²) >= 11 is 0. The summed E-state index contributed by atoms with van der Waals surface area (Å²) in [6, 6.07) is 1.38. The van der Waals surface area contributed by atoms with Gasteiger partial charge in [-0.25, -0.2) is 19.3 Å². The van der Waals surface area contributed by atoms with Gasteiger partial charge in [0.15, 0.2) is 0 Å². The smallest absolute Gasteiger partial charge is 0.225 e. The molecule has 3 aromatic rings. The van der Waals surface area contributed by atoms with Crippen LogP contribution in [-0.4, -0.2) is 57.4 Å². The van der Waals surface area contributed by atoms with E-state index in [0.29, 0.717) is 42.4 Å². The van der Waals surface area contributed by atoms with Crippen LogP contribution in [0.2, 0.25) is 0 Å². The zero-order chi connectivity index (χ0) is 17.2. The molecular formula is C17H18FN5O2. The van der Waals surface area contributed by atoms with Gasteiger partial charge in [-0.1, -0.05) is 0 Å². The van der Waals surface area contributed by atoms with Gasteiger partial charge in [0.05, 0.1) is 18.9 Å². The third-order valence-corrected chi connectivity index (χ3v) is 4.20.